The first kappa shape index (κ1) is 26.6. The normalized spacial score (nSPS) is 19.5. The fraction of sp³-hybridized carbons (Fsp3) is 0.450. The number of alkyl halides is 6. The molecule has 2 bridgehead atoms. The molecule has 3 N–H and O–H groups in total. The third-order valence-electron chi connectivity index (χ3n) is 5.75. The molecule has 2 atom stereocenters. The van der Waals surface area contributed by atoms with Gasteiger partial charge in [0.05, 0.1) is 17.4 Å². The molecule has 0 saturated carbocycles. The molecule has 2 aliphatic heterocycles. The number of carbonyl (C=O) groups excluding carboxylic acids is 1. The summed E-state index contributed by atoms with van der Waals surface area (Å²) in [7, 11) is 1.37. The number of nitrogens with one attached hydrogen (secondary N) is 2. The van der Waals surface area contributed by atoms with Crippen LogP contribution in [0, 0.1) is 0 Å². The number of carbonyl (C=O) groups is 2. The van der Waals surface area contributed by atoms with Crippen LogP contribution in [0.5, 0.6) is 0 Å². The van der Waals surface area contributed by atoms with Gasteiger partial charge in [0.1, 0.15) is 16.2 Å². The lowest BCUT2D eigenvalue weighted by Gasteiger charge is -2.36. The summed E-state index contributed by atoms with van der Waals surface area (Å²) in [6.45, 7) is 1.74. The molecule has 2 aliphatic rings. The van der Waals surface area contributed by atoms with Gasteiger partial charge in [0.2, 0.25) is 0 Å². The highest BCUT2D eigenvalue weighted by Gasteiger charge is 2.39. The number of aromatic nitrogens is 4. The Bertz CT molecular complexity index is 1310. The first-order valence-electron chi connectivity index (χ1n) is 10.7. The molecule has 5 heterocycles. The minimum absolute atomic E-state index is 0.198. The van der Waals surface area contributed by atoms with Crippen molar-refractivity contribution in [3.05, 3.63) is 29.0 Å². The highest BCUT2D eigenvalue weighted by molar-refractivity contribution is 7.17. The van der Waals surface area contributed by atoms with Gasteiger partial charge in [-0.3, -0.25) is 9.48 Å². The van der Waals surface area contributed by atoms with Gasteiger partial charge in [0, 0.05) is 43.8 Å². The second kappa shape index (κ2) is 9.77. The molecule has 0 spiro atoms. The van der Waals surface area contributed by atoms with Crippen molar-refractivity contribution in [3.8, 4) is 0 Å². The van der Waals surface area contributed by atoms with Gasteiger partial charge >= 0.3 is 18.3 Å². The van der Waals surface area contributed by atoms with Crippen LogP contribution in [0.1, 0.15) is 28.9 Å². The number of aliphatic carboxylic acids is 1. The van der Waals surface area contributed by atoms with Crippen LogP contribution >= 0.6 is 11.3 Å². The van der Waals surface area contributed by atoms with Crippen molar-refractivity contribution in [3.63, 3.8) is 0 Å². The van der Waals surface area contributed by atoms with Crippen molar-refractivity contribution in [2.45, 2.75) is 37.3 Å². The zero-order chi connectivity index (χ0) is 27.1. The van der Waals surface area contributed by atoms with Crippen molar-refractivity contribution >= 4 is 45.1 Å². The molecule has 1 amide bonds. The van der Waals surface area contributed by atoms with Crippen molar-refractivity contribution in [1.82, 2.24) is 25.1 Å². The van der Waals surface area contributed by atoms with Crippen LogP contribution < -0.4 is 15.5 Å². The quantitative estimate of drug-likeness (QED) is 0.424. The number of amides is 1. The lowest BCUT2D eigenvalue weighted by molar-refractivity contribution is -0.192. The van der Waals surface area contributed by atoms with Gasteiger partial charge in [-0.2, -0.15) is 31.4 Å². The Morgan fingerprint density at radius 1 is 1.16 bits per heavy atom. The van der Waals surface area contributed by atoms with E-state index in [9.17, 15) is 31.1 Å². The summed E-state index contributed by atoms with van der Waals surface area (Å²) in [4.78, 5) is 33.6. The number of rotatable bonds is 3. The van der Waals surface area contributed by atoms with E-state index in [4.69, 9.17) is 9.90 Å². The predicted molar refractivity (Wildman–Crippen MR) is 119 cm³/mol. The molecule has 2 unspecified atom stereocenters. The maximum absolute atomic E-state index is 13.2. The van der Waals surface area contributed by atoms with E-state index in [1.54, 1.807) is 11.6 Å². The first-order valence-corrected chi connectivity index (χ1v) is 11.6. The molecule has 3 aromatic rings. The summed E-state index contributed by atoms with van der Waals surface area (Å²) in [5.74, 6) is -2.73. The highest BCUT2D eigenvalue weighted by atomic mass is 32.1. The van der Waals surface area contributed by atoms with Crippen LogP contribution in [0.2, 0.25) is 0 Å². The van der Waals surface area contributed by atoms with Crippen LogP contribution in [0.3, 0.4) is 0 Å². The topological polar surface area (TPSA) is 125 Å². The van der Waals surface area contributed by atoms with Crippen LogP contribution in [0.4, 0.5) is 37.8 Å². The Kier molecular flexibility index (Phi) is 7.02. The lowest BCUT2D eigenvalue weighted by atomic mass is 10.2. The second-order valence-corrected chi connectivity index (χ2v) is 9.16. The van der Waals surface area contributed by atoms with Crippen LogP contribution in [0.15, 0.2) is 17.8 Å². The summed E-state index contributed by atoms with van der Waals surface area (Å²) in [6.07, 6.45) is -4.79. The minimum Gasteiger partial charge on any atom is -0.475 e. The fourth-order valence-electron chi connectivity index (χ4n) is 4.22. The zero-order valence-electron chi connectivity index (χ0n) is 18.9. The molecular formula is C20H19F6N7O3S. The van der Waals surface area contributed by atoms with E-state index in [0.717, 1.165) is 36.8 Å². The average Bonchev–Trinajstić information content (AvgIpc) is 3.46. The number of fused-ring (bicyclic) bond motifs is 3. The standard InChI is InChI=1S/C18H18F3N7OS.C2HF3O2/c1-27-7-12(15(26-27)18(19,20)21)24-16(29)11-8-30-17-14(11)25-13(6-23-17)28-9-2-3-10(28)5-22-4-9;3-2(4,5)1(6)7/h6-10,22H,2-5H2,1H3,(H,24,29);(H,6,7). The number of aryl methyl sites for hydroxylation is 1. The summed E-state index contributed by atoms with van der Waals surface area (Å²) in [5.41, 5.74) is -0.935. The molecule has 0 aromatic carbocycles. The number of thiophene rings is 1. The van der Waals surface area contributed by atoms with Crippen molar-refractivity contribution in [2.75, 3.05) is 23.3 Å². The van der Waals surface area contributed by atoms with Gasteiger partial charge in [0.15, 0.2) is 5.69 Å². The van der Waals surface area contributed by atoms with Gasteiger partial charge in [-0.05, 0) is 12.8 Å². The number of piperazine rings is 1. The Hall–Kier alpha value is -3.47. The van der Waals surface area contributed by atoms with E-state index in [1.165, 1.54) is 18.4 Å². The van der Waals surface area contributed by atoms with E-state index >= 15 is 0 Å². The van der Waals surface area contributed by atoms with Crippen LogP contribution in [0.25, 0.3) is 10.3 Å². The molecule has 3 aromatic heterocycles. The maximum atomic E-state index is 13.2. The number of carboxylic acid groups (broad SMARTS) is 1. The molecule has 17 heteroatoms. The first-order chi connectivity index (χ1) is 17.3. The monoisotopic (exact) mass is 551 g/mol. The molecule has 2 saturated heterocycles. The number of hydrogen-bond acceptors (Lipinski definition) is 8. The largest absolute Gasteiger partial charge is 0.490 e. The van der Waals surface area contributed by atoms with E-state index in [0.29, 0.717) is 28.2 Å². The van der Waals surface area contributed by atoms with Crippen LogP contribution in [-0.2, 0) is 18.0 Å². The molecular weight excluding hydrogens is 532 g/mol. The summed E-state index contributed by atoms with van der Waals surface area (Å²) in [5, 5.41) is 17.8. The molecule has 0 aliphatic carbocycles. The third-order valence-corrected chi connectivity index (χ3v) is 6.62. The third kappa shape index (κ3) is 5.61. The van der Waals surface area contributed by atoms with E-state index in [2.05, 4.69) is 30.6 Å². The summed E-state index contributed by atoms with van der Waals surface area (Å²) < 4.78 is 72.3. The fourth-order valence-corrected chi connectivity index (χ4v) is 5.05. The van der Waals surface area contributed by atoms with Gasteiger partial charge in [-0.15, -0.1) is 11.3 Å². The van der Waals surface area contributed by atoms with Crippen LogP contribution in [-0.4, -0.2) is 68.1 Å². The Labute approximate surface area is 208 Å². The molecule has 10 nitrogen and oxygen atoms in total. The summed E-state index contributed by atoms with van der Waals surface area (Å²) in [6, 6.07) is 0.660. The minimum atomic E-state index is -5.08. The average molecular weight is 551 g/mol. The second-order valence-electron chi connectivity index (χ2n) is 8.30. The number of halogens is 6. The van der Waals surface area contributed by atoms with Gasteiger partial charge in [0.25, 0.3) is 5.91 Å². The van der Waals surface area contributed by atoms with Crippen molar-refractivity contribution < 1.29 is 41.0 Å². The molecule has 37 heavy (non-hydrogen) atoms. The zero-order valence-corrected chi connectivity index (χ0v) is 19.7. The predicted octanol–water partition coefficient (Wildman–Crippen LogP) is 3.27. The maximum Gasteiger partial charge on any atom is 0.490 e. The lowest BCUT2D eigenvalue weighted by Crippen LogP contribution is -2.52. The van der Waals surface area contributed by atoms with E-state index in [1.807, 2.05) is 0 Å². The Balaban J connectivity index is 0.000000405. The highest BCUT2D eigenvalue weighted by Crippen LogP contribution is 2.35. The van der Waals surface area contributed by atoms with Crippen molar-refractivity contribution in [1.29, 1.82) is 0 Å². The molecule has 0 radical (unpaired) electrons. The Morgan fingerprint density at radius 3 is 2.35 bits per heavy atom. The van der Waals surface area contributed by atoms with Gasteiger partial charge in [-0.25, -0.2) is 14.8 Å². The van der Waals surface area contributed by atoms with E-state index in [-0.39, 0.29) is 5.56 Å². The van der Waals surface area contributed by atoms with Crippen molar-refractivity contribution in [2.24, 2.45) is 7.05 Å². The summed E-state index contributed by atoms with van der Waals surface area (Å²) >= 11 is 1.23. The smallest absolute Gasteiger partial charge is 0.475 e. The van der Waals surface area contributed by atoms with Gasteiger partial charge in [-0.1, -0.05) is 0 Å². The number of carboxylic acids is 1. The Morgan fingerprint density at radius 2 is 1.78 bits per heavy atom. The molecule has 200 valence electrons. The molecule has 2 fully saturated rings. The number of nitrogens with zero attached hydrogens (tertiary/aromatic N) is 5. The van der Waals surface area contributed by atoms with Gasteiger partial charge < -0.3 is 20.6 Å². The SMILES string of the molecule is Cn1cc(NC(=O)c2csc3ncc(N4C5CCC4CNC5)nc23)c(C(F)(F)F)n1.O=C(O)C(F)(F)F. The number of hydrogen-bond donors (Lipinski definition) is 3. The molecule has 5 rings (SSSR count). The number of anilines is 2. The van der Waals surface area contributed by atoms with E-state index < -0.39 is 35.6 Å².